The van der Waals surface area contributed by atoms with Crippen molar-refractivity contribution >= 4 is 33.3 Å². The van der Waals surface area contributed by atoms with Crippen molar-refractivity contribution < 1.29 is 0 Å². The summed E-state index contributed by atoms with van der Waals surface area (Å²) in [5, 5.41) is 7.39. The zero-order valence-corrected chi connectivity index (χ0v) is 11.2. The molecule has 0 saturated heterocycles. The molecule has 0 aliphatic carbocycles. The maximum atomic E-state index is 11.0. The summed E-state index contributed by atoms with van der Waals surface area (Å²) in [6.07, 6.45) is 1.58. The smallest absolute Gasteiger partial charge is 0.264 e. The standard InChI is InChI=1S/C11H10N4OS2/c1-6-2-8-10(12-5-13-11(8)18-6)17-4-7-3-9(16)15-14-7/h2-3,5H,4H2,1H3,(H2,14,15,16). The second-order valence-electron chi connectivity index (χ2n) is 3.83. The van der Waals surface area contributed by atoms with Crippen LogP contribution in [0, 0.1) is 6.92 Å². The third kappa shape index (κ3) is 2.19. The summed E-state index contributed by atoms with van der Waals surface area (Å²) in [6, 6.07) is 3.66. The van der Waals surface area contributed by atoms with E-state index in [-0.39, 0.29) is 5.56 Å². The normalized spacial score (nSPS) is 11.2. The molecule has 2 N–H and O–H groups in total. The van der Waals surface area contributed by atoms with E-state index in [1.54, 1.807) is 35.5 Å². The van der Waals surface area contributed by atoms with Crippen LogP contribution in [-0.2, 0) is 5.75 Å². The number of nitrogens with one attached hydrogen (secondary N) is 2. The summed E-state index contributed by atoms with van der Waals surface area (Å²) in [7, 11) is 0. The molecule has 0 amide bonds. The fraction of sp³-hybridized carbons (Fsp3) is 0.182. The van der Waals surface area contributed by atoms with Crippen molar-refractivity contribution in [3.05, 3.63) is 39.4 Å². The SMILES string of the molecule is Cc1cc2c(SCc3cc(=O)[nH][nH]3)ncnc2s1. The lowest BCUT2D eigenvalue weighted by molar-refractivity contribution is 1.01. The van der Waals surface area contributed by atoms with Gasteiger partial charge in [0.2, 0.25) is 0 Å². The van der Waals surface area contributed by atoms with Crippen LogP contribution < -0.4 is 5.56 Å². The summed E-state index contributed by atoms with van der Waals surface area (Å²) in [5.41, 5.74) is 0.758. The number of hydrogen-bond acceptors (Lipinski definition) is 5. The first-order valence-corrected chi connectivity index (χ1v) is 7.13. The van der Waals surface area contributed by atoms with E-state index in [2.05, 4.69) is 33.2 Å². The van der Waals surface area contributed by atoms with Gasteiger partial charge in [-0.05, 0) is 13.0 Å². The van der Waals surface area contributed by atoms with Crippen molar-refractivity contribution in [2.24, 2.45) is 0 Å². The lowest BCUT2D eigenvalue weighted by Crippen LogP contribution is -1.93. The van der Waals surface area contributed by atoms with Crippen molar-refractivity contribution in [2.45, 2.75) is 17.7 Å². The third-order valence-corrected chi connectivity index (χ3v) is 4.44. The summed E-state index contributed by atoms with van der Waals surface area (Å²) in [6.45, 7) is 2.06. The first kappa shape index (κ1) is 11.5. The zero-order chi connectivity index (χ0) is 12.5. The van der Waals surface area contributed by atoms with Gasteiger partial charge in [0.25, 0.3) is 5.56 Å². The van der Waals surface area contributed by atoms with Gasteiger partial charge in [-0.15, -0.1) is 11.3 Å². The van der Waals surface area contributed by atoms with Gasteiger partial charge in [-0.25, -0.2) is 9.97 Å². The molecule has 92 valence electrons. The van der Waals surface area contributed by atoms with E-state index >= 15 is 0 Å². The Morgan fingerprint density at radius 3 is 3.00 bits per heavy atom. The molecule has 18 heavy (non-hydrogen) atoms. The van der Waals surface area contributed by atoms with E-state index in [4.69, 9.17) is 0 Å². The zero-order valence-electron chi connectivity index (χ0n) is 9.56. The Morgan fingerprint density at radius 1 is 1.33 bits per heavy atom. The van der Waals surface area contributed by atoms with Crippen molar-refractivity contribution in [1.29, 1.82) is 0 Å². The molecule has 0 unspecified atom stereocenters. The van der Waals surface area contributed by atoms with Crippen molar-refractivity contribution in [2.75, 3.05) is 0 Å². The number of aryl methyl sites for hydroxylation is 1. The van der Waals surface area contributed by atoms with E-state index in [9.17, 15) is 4.79 Å². The van der Waals surface area contributed by atoms with E-state index < -0.39 is 0 Å². The van der Waals surface area contributed by atoms with Gasteiger partial charge in [0.15, 0.2) is 0 Å². The largest absolute Gasteiger partial charge is 0.301 e. The molecule has 0 spiro atoms. The molecule has 3 rings (SSSR count). The van der Waals surface area contributed by atoms with Crippen molar-refractivity contribution in [3.63, 3.8) is 0 Å². The second kappa shape index (κ2) is 4.58. The highest BCUT2D eigenvalue weighted by atomic mass is 32.2. The molecule has 0 saturated carbocycles. The number of rotatable bonds is 3. The van der Waals surface area contributed by atoms with Gasteiger partial charge < -0.3 is 5.10 Å². The summed E-state index contributed by atoms with van der Waals surface area (Å²) in [4.78, 5) is 21.8. The topological polar surface area (TPSA) is 74.4 Å². The molecule has 0 aliphatic rings. The molecule has 0 aliphatic heterocycles. The number of thiophene rings is 1. The third-order valence-electron chi connectivity index (χ3n) is 2.43. The second-order valence-corrected chi connectivity index (χ2v) is 6.03. The van der Waals surface area contributed by atoms with Crippen LogP contribution in [0.25, 0.3) is 10.2 Å². The Morgan fingerprint density at radius 2 is 2.22 bits per heavy atom. The molecular formula is C11H10N4OS2. The molecular weight excluding hydrogens is 268 g/mol. The van der Waals surface area contributed by atoms with Gasteiger partial charge in [0.1, 0.15) is 16.2 Å². The minimum absolute atomic E-state index is 0.107. The number of aromatic amines is 2. The Kier molecular flexibility index (Phi) is 2.92. The summed E-state index contributed by atoms with van der Waals surface area (Å²) < 4.78 is 0. The summed E-state index contributed by atoms with van der Waals surface area (Å²) >= 11 is 3.26. The van der Waals surface area contributed by atoms with Gasteiger partial charge >= 0.3 is 0 Å². The number of H-pyrrole nitrogens is 2. The quantitative estimate of drug-likeness (QED) is 0.569. The lowest BCUT2D eigenvalue weighted by atomic mass is 10.4. The van der Waals surface area contributed by atoms with E-state index in [0.29, 0.717) is 5.75 Å². The highest BCUT2D eigenvalue weighted by Gasteiger charge is 2.08. The maximum absolute atomic E-state index is 11.0. The fourth-order valence-electron chi connectivity index (χ4n) is 1.67. The van der Waals surface area contributed by atoms with Crippen molar-refractivity contribution in [1.82, 2.24) is 20.2 Å². The van der Waals surface area contributed by atoms with Gasteiger partial charge in [-0.3, -0.25) is 9.89 Å². The number of hydrogen-bond donors (Lipinski definition) is 2. The molecule has 3 aromatic heterocycles. The number of nitrogens with zero attached hydrogens (tertiary/aromatic N) is 2. The summed E-state index contributed by atoms with van der Waals surface area (Å²) in [5.74, 6) is 0.680. The van der Waals surface area contributed by atoms with E-state index in [0.717, 1.165) is 20.9 Å². The monoisotopic (exact) mass is 278 g/mol. The van der Waals surface area contributed by atoms with Gasteiger partial charge in [0.05, 0.1) is 0 Å². The van der Waals surface area contributed by atoms with Crippen LogP contribution in [0.15, 0.2) is 28.3 Å². The molecule has 0 aromatic carbocycles. The van der Waals surface area contributed by atoms with E-state index in [1.807, 2.05) is 0 Å². The molecule has 7 heteroatoms. The number of aromatic nitrogens is 4. The first-order chi connectivity index (χ1) is 8.72. The lowest BCUT2D eigenvalue weighted by Gasteiger charge is -1.99. The Bertz CT molecular complexity index is 743. The van der Waals surface area contributed by atoms with Crippen LogP contribution in [0.3, 0.4) is 0 Å². The minimum Gasteiger partial charge on any atom is -0.301 e. The molecule has 0 bridgehead atoms. The number of thioether (sulfide) groups is 1. The first-order valence-electron chi connectivity index (χ1n) is 5.33. The molecule has 0 atom stereocenters. The van der Waals surface area contributed by atoms with Gasteiger partial charge in [-0.1, -0.05) is 11.8 Å². The van der Waals surface area contributed by atoms with Crippen LogP contribution in [-0.4, -0.2) is 20.2 Å². The Balaban J connectivity index is 1.88. The molecule has 5 nitrogen and oxygen atoms in total. The van der Waals surface area contributed by atoms with Crippen LogP contribution in [0.2, 0.25) is 0 Å². The Hall–Kier alpha value is -1.60. The minimum atomic E-state index is -0.107. The molecule has 0 fully saturated rings. The average Bonchev–Trinajstić information content (AvgIpc) is 2.91. The van der Waals surface area contributed by atoms with Crippen molar-refractivity contribution in [3.8, 4) is 0 Å². The van der Waals surface area contributed by atoms with Gasteiger partial charge in [0, 0.05) is 27.8 Å². The average molecular weight is 278 g/mol. The molecule has 3 heterocycles. The molecule has 3 aromatic rings. The van der Waals surface area contributed by atoms with E-state index in [1.165, 1.54) is 4.88 Å². The highest BCUT2D eigenvalue weighted by Crippen LogP contribution is 2.31. The maximum Gasteiger partial charge on any atom is 0.264 e. The Labute approximate surface area is 111 Å². The van der Waals surface area contributed by atoms with Gasteiger partial charge in [-0.2, -0.15) is 0 Å². The van der Waals surface area contributed by atoms with Crippen LogP contribution in [0.4, 0.5) is 0 Å². The fourth-order valence-corrected chi connectivity index (χ4v) is 3.46. The number of fused-ring (bicyclic) bond motifs is 1. The van der Waals surface area contributed by atoms with Crippen LogP contribution >= 0.6 is 23.1 Å². The highest BCUT2D eigenvalue weighted by molar-refractivity contribution is 7.98. The predicted octanol–water partition coefficient (Wildman–Crippen LogP) is 2.31. The predicted molar refractivity (Wildman–Crippen MR) is 73.1 cm³/mol. The van der Waals surface area contributed by atoms with Crippen LogP contribution in [0.5, 0.6) is 0 Å². The molecule has 0 radical (unpaired) electrons. The van der Waals surface area contributed by atoms with Crippen LogP contribution in [0.1, 0.15) is 10.6 Å².